The maximum Gasteiger partial charge on any atom is 0.417 e. The number of fused-ring (bicyclic) bond motifs is 1. The Labute approximate surface area is 171 Å². The van der Waals surface area contributed by atoms with Crippen molar-refractivity contribution in [1.82, 2.24) is 23.5 Å². The van der Waals surface area contributed by atoms with Gasteiger partial charge in [0.15, 0.2) is 6.61 Å². The van der Waals surface area contributed by atoms with E-state index in [2.05, 4.69) is 0 Å². The molecule has 2 fully saturated rings. The minimum absolute atomic E-state index is 0.199. The molecule has 160 valence electrons. The molecular weight excluding hydrogens is 394 g/mol. The Hall–Kier alpha value is -3.37. The van der Waals surface area contributed by atoms with E-state index in [1.54, 1.807) is 16.5 Å². The number of hydrogen-bond acceptors (Lipinski definition) is 6. The highest BCUT2D eigenvalue weighted by Crippen LogP contribution is 2.24. The predicted octanol–water partition coefficient (Wildman–Crippen LogP) is -0.358. The van der Waals surface area contributed by atoms with Crippen LogP contribution in [0.2, 0.25) is 0 Å². The van der Waals surface area contributed by atoms with Gasteiger partial charge >= 0.3 is 11.8 Å². The molecule has 30 heavy (non-hydrogen) atoms. The van der Waals surface area contributed by atoms with Crippen LogP contribution in [0.3, 0.4) is 0 Å². The third kappa shape index (κ3) is 2.84. The molecule has 2 saturated heterocycles. The Morgan fingerprint density at radius 3 is 2.53 bits per heavy atom. The number of cyclic esters (lactones) is 1. The summed E-state index contributed by atoms with van der Waals surface area (Å²) in [5.41, 5.74) is -0.209. The van der Waals surface area contributed by atoms with Gasteiger partial charge in [-0.2, -0.15) is 0 Å². The molecule has 2 aromatic heterocycles. The standard InChI is InChI=1S/C19H23N5O6/c1-4-6-23-13(8-12-15(23)20(2)18(28)21(3)16(12)26)17(27)22-7-5-11(9-22)24-14(25)10-30-19(24)29/h8,11H,4-7,9-10H2,1-3H3. The van der Waals surface area contributed by atoms with Gasteiger partial charge in [-0.05, 0) is 18.9 Å². The zero-order valence-corrected chi connectivity index (χ0v) is 17.1. The summed E-state index contributed by atoms with van der Waals surface area (Å²) in [5, 5.41) is 0.297. The minimum Gasteiger partial charge on any atom is -0.439 e. The number of carbonyl (C=O) groups excluding carboxylic acids is 3. The van der Waals surface area contributed by atoms with Crippen LogP contribution in [0.4, 0.5) is 4.79 Å². The average molecular weight is 417 g/mol. The first-order valence-corrected chi connectivity index (χ1v) is 9.83. The first-order chi connectivity index (χ1) is 14.3. The average Bonchev–Trinajstić information content (AvgIpc) is 3.42. The number of likely N-dealkylation sites (tertiary alicyclic amines) is 1. The second-order valence-electron chi connectivity index (χ2n) is 7.64. The molecular formula is C19H23N5O6. The van der Waals surface area contributed by atoms with Crippen molar-refractivity contribution in [2.45, 2.75) is 32.4 Å². The Morgan fingerprint density at radius 1 is 1.17 bits per heavy atom. The van der Waals surface area contributed by atoms with Crippen molar-refractivity contribution in [2.24, 2.45) is 14.1 Å². The number of rotatable bonds is 4. The number of nitrogens with zero attached hydrogens (tertiary/aromatic N) is 5. The number of carbonyl (C=O) groups is 3. The van der Waals surface area contributed by atoms with Crippen molar-refractivity contribution in [3.63, 3.8) is 0 Å². The van der Waals surface area contributed by atoms with Gasteiger partial charge in [-0.25, -0.2) is 14.5 Å². The van der Waals surface area contributed by atoms with Crippen LogP contribution in [0.1, 0.15) is 30.3 Å². The summed E-state index contributed by atoms with van der Waals surface area (Å²) in [6, 6.07) is 1.09. The van der Waals surface area contributed by atoms with Gasteiger partial charge in [-0.1, -0.05) is 6.92 Å². The van der Waals surface area contributed by atoms with Gasteiger partial charge in [-0.3, -0.25) is 23.5 Å². The molecule has 1 atom stereocenters. The summed E-state index contributed by atoms with van der Waals surface area (Å²) in [6.07, 6.45) is 0.475. The highest BCUT2D eigenvalue weighted by molar-refractivity contribution is 5.99. The molecule has 0 N–H and O–H groups in total. The van der Waals surface area contributed by atoms with Crippen molar-refractivity contribution < 1.29 is 19.1 Å². The number of aromatic nitrogens is 3. The zero-order chi connectivity index (χ0) is 21.7. The van der Waals surface area contributed by atoms with E-state index in [0.29, 0.717) is 42.7 Å². The first kappa shape index (κ1) is 19.9. The van der Waals surface area contributed by atoms with Crippen molar-refractivity contribution in [3.8, 4) is 0 Å². The van der Waals surface area contributed by atoms with Crippen LogP contribution in [0.5, 0.6) is 0 Å². The Balaban J connectivity index is 1.73. The summed E-state index contributed by atoms with van der Waals surface area (Å²) in [7, 11) is 2.97. The van der Waals surface area contributed by atoms with Gasteiger partial charge < -0.3 is 14.2 Å². The van der Waals surface area contributed by atoms with Crippen molar-refractivity contribution in [2.75, 3.05) is 19.7 Å². The number of hydrogen-bond donors (Lipinski definition) is 0. The van der Waals surface area contributed by atoms with Gasteiger partial charge in [-0.15, -0.1) is 0 Å². The number of imide groups is 1. The normalized spacial score (nSPS) is 19.2. The monoisotopic (exact) mass is 417 g/mol. The molecule has 4 rings (SSSR count). The molecule has 1 unspecified atom stereocenters. The molecule has 0 spiro atoms. The summed E-state index contributed by atoms with van der Waals surface area (Å²) in [4.78, 5) is 64.7. The van der Waals surface area contributed by atoms with Gasteiger partial charge in [0.25, 0.3) is 17.4 Å². The summed E-state index contributed by atoms with van der Waals surface area (Å²) in [5.74, 6) is -0.713. The topological polar surface area (TPSA) is 116 Å². The van der Waals surface area contributed by atoms with Crippen LogP contribution < -0.4 is 11.2 Å². The quantitative estimate of drug-likeness (QED) is 0.671. The molecule has 0 radical (unpaired) electrons. The number of aryl methyl sites for hydroxylation is 2. The van der Waals surface area contributed by atoms with Crippen LogP contribution in [-0.4, -0.2) is 67.1 Å². The number of ether oxygens (including phenoxy) is 1. The second kappa shape index (κ2) is 7.15. The van der Waals surface area contributed by atoms with E-state index >= 15 is 0 Å². The maximum atomic E-state index is 13.3. The summed E-state index contributed by atoms with van der Waals surface area (Å²) in [6.45, 7) is 2.69. The van der Waals surface area contributed by atoms with E-state index in [9.17, 15) is 24.0 Å². The molecule has 2 aromatic rings. The van der Waals surface area contributed by atoms with Crippen LogP contribution in [0.25, 0.3) is 11.0 Å². The molecule has 0 aromatic carbocycles. The van der Waals surface area contributed by atoms with E-state index < -0.39 is 29.3 Å². The fraction of sp³-hybridized carbons (Fsp3) is 0.526. The maximum absolute atomic E-state index is 13.3. The van der Waals surface area contributed by atoms with Gasteiger partial charge in [0.05, 0.1) is 11.4 Å². The Kier molecular flexibility index (Phi) is 4.75. The fourth-order valence-corrected chi connectivity index (χ4v) is 4.28. The lowest BCUT2D eigenvalue weighted by Gasteiger charge is -2.21. The highest BCUT2D eigenvalue weighted by Gasteiger charge is 2.41. The van der Waals surface area contributed by atoms with E-state index in [-0.39, 0.29) is 19.1 Å². The third-order valence-corrected chi connectivity index (χ3v) is 5.76. The smallest absolute Gasteiger partial charge is 0.417 e. The third-order valence-electron chi connectivity index (χ3n) is 5.76. The molecule has 0 bridgehead atoms. The molecule has 2 aliphatic heterocycles. The molecule has 2 aliphatic rings. The lowest BCUT2D eigenvalue weighted by molar-refractivity contribution is -0.127. The molecule has 0 aliphatic carbocycles. The highest BCUT2D eigenvalue weighted by atomic mass is 16.6. The van der Waals surface area contributed by atoms with Crippen molar-refractivity contribution >= 4 is 28.9 Å². The Morgan fingerprint density at radius 2 is 1.90 bits per heavy atom. The summed E-state index contributed by atoms with van der Waals surface area (Å²) >= 11 is 0. The lowest BCUT2D eigenvalue weighted by atomic mass is 10.2. The van der Waals surface area contributed by atoms with Gasteiger partial charge in [0.2, 0.25) is 0 Å². The molecule has 4 heterocycles. The first-order valence-electron chi connectivity index (χ1n) is 9.83. The van der Waals surface area contributed by atoms with Gasteiger partial charge in [0.1, 0.15) is 11.3 Å². The summed E-state index contributed by atoms with van der Waals surface area (Å²) < 4.78 is 8.86. The van der Waals surface area contributed by atoms with Crippen LogP contribution >= 0.6 is 0 Å². The van der Waals surface area contributed by atoms with E-state index in [1.165, 1.54) is 17.7 Å². The fourth-order valence-electron chi connectivity index (χ4n) is 4.28. The Bertz CT molecular complexity index is 1170. The SMILES string of the molecule is CCCn1c(C(=O)N2CCC(N3C(=O)COC3=O)C2)cc2c(=O)n(C)c(=O)n(C)c21. The van der Waals surface area contributed by atoms with Crippen LogP contribution in [0.15, 0.2) is 15.7 Å². The van der Waals surface area contributed by atoms with E-state index in [1.807, 2.05) is 6.92 Å². The largest absolute Gasteiger partial charge is 0.439 e. The molecule has 11 nitrogen and oxygen atoms in total. The molecule has 11 heteroatoms. The molecule has 3 amide bonds. The van der Waals surface area contributed by atoms with E-state index in [0.717, 1.165) is 9.47 Å². The van der Waals surface area contributed by atoms with E-state index in [4.69, 9.17) is 4.74 Å². The predicted molar refractivity (Wildman–Crippen MR) is 105 cm³/mol. The van der Waals surface area contributed by atoms with Crippen LogP contribution in [-0.2, 0) is 30.2 Å². The van der Waals surface area contributed by atoms with Crippen molar-refractivity contribution in [1.29, 1.82) is 0 Å². The molecule has 0 saturated carbocycles. The van der Waals surface area contributed by atoms with Crippen LogP contribution in [0, 0.1) is 0 Å². The second-order valence-corrected chi connectivity index (χ2v) is 7.64. The minimum atomic E-state index is -0.683. The zero-order valence-electron chi connectivity index (χ0n) is 17.1. The van der Waals surface area contributed by atoms with Crippen molar-refractivity contribution in [3.05, 3.63) is 32.6 Å². The van der Waals surface area contributed by atoms with Gasteiger partial charge in [0, 0.05) is 33.7 Å². The lowest BCUT2D eigenvalue weighted by Crippen LogP contribution is -2.42. The number of amides is 3.